The average molecular weight is 210 g/mol. The van der Waals surface area contributed by atoms with Gasteiger partial charge in [-0.2, -0.15) is 0 Å². The highest BCUT2D eigenvalue weighted by molar-refractivity contribution is 5.65. The molecule has 0 aliphatic rings. The number of nitrogens with zero attached hydrogens (tertiary/aromatic N) is 2. The molecule has 0 bridgehead atoms. The topological polar surface area (TPSA) is 83.7 Å². The summed E-state index contributed by atoms with van der Waals surface area (Å²) in [6, 6.07) is 8.00. The summed E-state index contributed by atoms with van der Waals surface area (Å²) in [7, 11) is 1.17. The van der Waals surface area contributed by atoms with Crippen molar-refractivity contribution < 1.29 is 14.8 Å². The second-order valence-electron chi connectivity index (χ2n) is 2.96. The van der Waals surface area contributed by atoms with Crippen LogP contribution in [0.1, 0.15) is 11.7 Å². The number of carboxylic acid groups (broad SMARTS) is 1. The number of hydrogen-bond acceptors (Lipinski definition) is 3. The summed E-state index contributed by atoms with van der Waals surface area (Å²) in [4.78, 5) is 21.4. The first-order valence-electron chi connectivity index (χ1n) is 4.18. The molecule has 0 spiro atoms. The first-order chi connectivity index (χ1) is 7.04. The first-order valence-corrected chi connectivity index (χ1v) is 4.18. The van der Waals surface area contributed by atoms with Crippen molar-refractivity contribution in [1.29, 1.82) is 0 Å². The molecule has 15 heavy (non-hydrogen) atoms. The minimum atomic E-state index is -1.36. The number of nitro groups is 1. The van der Waals surface area contributed by atoms with E-state index in [4.69, 9.17) is 5.11 Å². The molecule has 1 amide bonds. The Hall–Kier alpha value is -2.11. The lowest BCUT2D eigenvalue weighted by Gasteiger charge is -2.18. The molecular weight excluding hydrogens is 200 g/mol. The molecule has 1 aromatic rings. The fraction of sp³-hybridized carbons (Fsp3) is 0.222. The van der Waals surface area contributed by atoms with E-state index < -0.39 is 17.2 Å². The molecule has 80 valence electrons. The second-order valence-corrected chi connectivity index (χ2v) is 2.96. The van der Waals surface area contributed by atoms with Crippen molar-refractivity contribution in [2.24, 2.45) is 0 Å². The average Bonchev–Trinajstić information content (AvgIpc) is 2.18. The number of carbonyl (C=O) groups is 1. The van der Waals surface area contributed by atoms with Crippen molar-refractivity contribution in [3.63, 3.8) is 0 Å². The van der Waals surface area contributed by atoms with Gasteiger partial charge in [0.05, 0.1) is 4.92 Å². The number of benzene rings is 1. The van der Waals surface area contributed by atoms with Crippen LogP contribution in [0.5, 0.6) is 0 Å². The Morgan fingerprint density at radius 2 is 2.00 bits per heavy atom. The van der Waals surface area contributed by atoms with Crippen LogP contribution in [-0.2, 0) is 0 Å². The summed E-state index contributed by atoms with van der Waals surface area (Å²) in [6.07, 6.45) is -2.69. The van der Waals surface area contributed by atoms with Crippen molar-refractivity contribution in [3.05, 3.63) is 46.0 Å². The van der Waals surface area contributed by atoms with E-state index in [2.05, 4.69) is 0 Å². The molecule has 0 fully saturated rings. The SMILES string of the molecule is CN(C(=O)O)C(c1ccccc1)[N+](=O)[O-]. The molecule has 6 nitrogen and oxygen atoms in total. The van der Waals surface area contributed by atoms with Gasteiger partial charge in [0, 0.05) is 12.6 Å². The Balaban J connectivity index is 3.04. The van der Waals surface area contributed by atoms with Crippen LogP contribution in [0.3, 0.4) is 0 Å². The van der Waals surface area contributed by atoms with E-state index >= 15 is 0 Å². The van der Waals surface area contributed by atoms with Gasteiger partial charge in [-0.1, -0.05) is 30.3 Å². The number of hydrogen-bond donors (Lipinski definition) is 1. The van der Waals surface area contributed by atoms with E-state index in [1.807, 2.05) is 0 Å². The molecule has 0 saturated heterocycles. The molecule has 0 saturated carbocycles. The summed E-state index contributed by atoms with van der Waals surface area (Å²) in [5, 5.41) is 19.4. The number of rotatable bonds is 3. The Morgan fingerprint density at radius 3 is 2.40 bits per heavy atom. The van der Waals surface area contributed by atoms with Gasteiger partial charge in [0.15, 0.2) is 0 Å². The molecule has 1 rings (SSSR count). The smallest absolute Gasteiger partial charge is 0.412 e. The third-order valence-electron chi connectivity index (χ3n) is 1.97. The number of amides is 1. The van der Waals surface area contributed by atoms with Crippen molar-refractivity contribution in [2.75, 3.05) is 7.05 Å². The second kappa shape index (κ2) is 4.41. The zero-order chi connectivity index (χ0) is 11.4. The third kappa shape index (κ3) is 2.43. The van der Waals surface area contributed by atoms with E-state index in [1.165, 1.54) is 19.2 Å². The maximum Gasteiger partial charge on any atom is 0.412 e. The molecule has 0 aliphatic heterocycles. The van der Waals surface area contributed by atoms with Crippen LogP contribution in [0.2, 0.25) is 0 Å². The van der Waals surface area contributed by atoms with Crippen LogP contribution in [0.25, 0.3) is 0 Å². The summed E-state index contributed by atoms with van der Waals surface area (Å²) >= 11 is 0. The summed E-state index contributed by atoms with van der Waals surface area (Å²) < 4.78 is 0. The van der Waals surface area contributed by atoms with Crippen LogP contribution in [0.15, 0.2) is 30.3 Å². The highest BCUT2D eigenvalue weighted by Gasteiger charge is 2.30. The van der Waals surface area contributed by atoms with Crippen LogP contribution in [-0.4, -0.2) is 28.1 Å². The Labute approximate surface area is 85.9 Å². The fourth-order valence-corrected chi connectivity index (χ4v) is 1.22. The van der Waals surface area contributed by atoms with Crippen molar-refractivity contribution in [1.82, 2.24) is 4.90 Å². The largest absolute Gasteiger partial charge is 0.465 e. The van der Waals surface area contributed by atoms with Gasteiger partial charge in [-0.15, -0.1) is 0 Å². The van der Waals surface area contributed by atoms with Gasteiger partial charge in [0.2, 0.25) is 0 Å². The third-order valence-corrected chi connectivity index (χ3v) is 1.97. The Morgan fingerprint density at radius 1 is 1.47 bits per heavy atom. The Bertz CT molecular complexity index is 366. The van der Waals surface area contributed by atoms with Gasteiger partial charge < -0.3 is 5.11 Å². The van der Waals surface area contributed by atoms with Gasteiger partial charge in [0.1, 0.15) is 0 Å². The monoisotopic (exact) mass is 210 g/mol. The van der Waals surface area contributed by atoms with Gasteiger partial charge in [0.25, 0.3) is 0 Å². The van der Waals surface area contributed by atoms with E-state index in [9.17, 15) is 14.9 Å². The lowest BCUT2D eigenvalue weighted by molar-refractivity contribution is -0.552. The van der Waals surface area contributed by atoms with E-state index in [0.717, 1.165) is 0 Å². The molecule has 1 atom stereocenters. The molecule has 0 heterocycles. The van der Waals surface area contributed by atoms with Gasteiger partial charge in [-0.3, -0.25) is 10.1 Å². The molecule has 1 N–H and O–H groups in total. The highest BCUT2D eigenvalue weighted by Crippen LogP contribution is 2.19. The van der Waals surface area contributed by atoms with Crippen molar-refractivity contribution in [2.45, 2.75) is 6.17 Å². The van der Waals surface area contributed by atoms with Gasteiger partial charge >= 0.3 is 12.3 Å². The zero-order valence-corrected chi connectivity index (χ0v) is 8.03. The first kappa shape index (κ1) is 11.0. The highest BCUT2D eigenvalue weighted by atomic mass is 16.6. The normalized spacial score (nSPS) is 11.8. The molecule has 0 radical (unpaired) electrons. The lowest BCUT2D eigenvalue weighted by atomic mass is 10.1. The maximum atomic E-state index is 10.7. The van der Waals surface area contributed by atoms with Crippen LogP contribution >= 0.6 is 0 Å². The summed E-state index contributed by atoms with van der Waals surface area (Å²) in [6.45, 7) is 0. The summed E-state index contributed by atoms with van der Waals surface area (Å²) in [5.41, 5.74) is 0.340. The zero-order valence-electron chi connectivity index (χ0n) is 8.03. The molecule has 1 aromatic carbocycles. The molecule has 0 aromatic heterocycles. The Kier molecular flexibility index (Phi) is 3.22. The molecular formula is C9H10N2O4. The maximum absolute atomic E-state index is 10.7. The minimum Gasteiger partial charge on any atom is -0.465 e. The predicted molar refractivity (Wildman–Crippen MR) is 52.0 cm³/mol. The van der Waals surface area contributed by atoms with Crippen molar-refractivity contribution >= 4 is 6.09 Å². The van der Waals surface area contributed by atoms with E-state index in [0.29, 0.717) is 10.5 Å². The van der Waals surface area contributed by atoms with E-state index in [-0.39, 0.29) is 0 Å². The lowest BCUT2D eigenvalue weighted by Crippen LogP contribution is -2.34. The quantitative estimate of drug-likeness (QED) is 0.466. The van der Waals surface area contributed by atoms with Gasteiger partial charge in [-0.05, 0) is 0 Å². The van der Waals surface area contributed by atoms with Gasteiger partial charge in [-0.25, -0.2) is 9.69 Å². The molecule has 0 aliphatic carbocycles. The van der Waals surface area contributed by atoms with Crippen LogP contribution < -0.4 is 0 Å². The predicted octanol–water partition coefficient (Wildman–Crippen LogP) is 1.57. The standard InChI is InChI=1S/C9H10N2O4/c1-10(9(12)13)8(11(14)15)7-5-3-2-4-6-7/h2-6,8H,1H3,(H,12,13). The van der Waals surface area contributed by atoms with Crippen molar-refractivity contribution in [3.8, 4) is 0 Å². The van der Waals surface area contributed by atoms with E-state index in [1.54, 1.807) is 18.2 Å². The molecule has 6 heteroatoms. The fourth-order valence-electron chi connectivity index (χ4n) is 1.22. The van der Waals surface area contributed by atoms with Crippen LogP contribution in [0, 0.1) is 10.1 Å². The minimum absolute atomic E-state index is 0.340. The molecule has 1 unspecified atom stereocenters. The van der Waals surface area contributed by atoms with Crippen LogP contribution in [0.4, 0.5) is 4.79 Å². The summed E-state index contributed by atoms with van der Waals surface area (Å²) in [5.74, 6) is 0.